The first-order valence-corrected chi connectivity index (χ1v) is 7.37. The summed E-state index contributed by atoms with van der Waals surface area (Å²) in [6, 6.07) is 10.6. The second-order valence-electron chi connectivity index (χ2n) is 5.37. The minimum absolute atomic E-state index is 0.450. The number of rotatable bonds is 6. The zero-order valence-corrected chi connectivity index (χ0v) is 11.9. The summed E-state index contributed by atoms with van der Waals surface area (Å²) >= 11 is 0. The Bertz CT molecular complexity index is 385. The van der Waals surface area contributed by atoms with E-state index in [2.05, 4.69) is 49.2 Å². The fraction of sp³-hybridized carbons (Fsp3) is 0.500. The summed E-state index contributed by atoms with van der Waals surface area (Å²) in [5.41, 5.74) is 2.50. The summed E-state index contributed by atoms with van der Waals surface area (Å²) in [5.74, 6) is 0.450. The van der Waals surface area contributed by atoms with E-state index in [1.165, 1.54) is 18.4 Å². The monoisotopic (exact) mass is 257 g/mol. The van der Waals surface area contributed by atoms with E-state index in [9.17, 15) is 0 Å². The van der Waals surface area contributed by atoms with Crippen molar-refractivity contribution in [2.45, 2.75) is 51.1 Å². The van der Waals surface area contributed by atoms with Crippen molar-refractivity contribution >= 4 is 7.48 Å². The lowest BCUT2D eigenvalue weighted by Crippen LogP contribution is -2.41. The number of benzene rings is 1. The van der Waals surface area contributed by atoms with Crippen LogP contribution >= 0.6 is 0 Å². The molecule has 1 N–H and O–H groups in total. The van der Waals surface area contributed by atoms with Gasteiger partial charge in [-0.25, -0.2) is 0 Å². The third-order valence-corrected chi connectivity index (χ3v) is 3.79. The van der Waals surface area contributed by atoms with Gasteiger partial charge in [-0.15, -0.1) is 0 Å². The standard InChI is InChI=1S/C16H24BNO/c1-3-15-11-12-16(17-19-15)18-13(2)9-10-14-7-5-4-6-8-14/h4-8,15-18H,2-3,9-12H2,1H3. The van der Waals surface area contributed by atoms with E-state index in [-0.39, 0.29) is 0 Å². The summed E-state index contributed by atoms with van der Waals surface area (Å²) < 4.78 is 5.80. The molecule has 0 saturated carbocycles. The average Bonchev–Trinajstić information content (AvgIpc) is 2.47. The molecule has 102 valence electrons. The zero-order chi connectivity index (χ0) is 13.5. The molecule has 2 rings (SSSR count). The molecule has 1 heterocycles. The average molecular weight is 257 g/mol. The molecule has 2 nitrogen and oxygen atoms in total. The first kappa shape index (κ1) is 14.2. The summed E-state index contributed by atoms with van der Waals surface area (Å²) in [4.78, 5) is 0. The van der Waals surface area contributed by atoms with Gasteiger partial charge in [0, 0.05) is 17.7 Å². The van der Waals surface area contributed by atoms with E-state index < -0.39 is 0 Å². The van der Waals surface area contributed by atoms with Crippen molar-refractivity contribution in [1.29, 1.82) is 0 Å². The van der Waals surface area contributed by atoms with Gasteiger partial charge in [0.1, 0.15) is 0 Å². The van der Waals surface area contributed by atoms with Crippen LogP contribution in [0.25, 0.3) is 0 Å². The van der Waals surface area contributed by atoms with E-state index in [0.717, 1.165) is 32.4 Å². The second-order valence-corrected chi connectivity index (χ2v) is 5.37. The van der Waals surface area contributed by atoms with Gasteiger partial charge in [0.05, 0.1) is 0 Å². The molecule has 3 heteroatoms. The van der Waals surface area contributed by atoms with E-state index >= 15 is 0 Å². The Morgan fingerprint density at radius 3 is 2.79 bits per heavy atom. The molecular weight excluding hydrogens is 233 g/mol. The molecule has 1 aromatic rings. The Morgan fingerprint density at radius 1 is 1.37 bits per heavy atom. The molecule has 0 spiro atoms. The molecule has 0 aliphatic carbocycles. The Hall–Kier alpha value is -1.22. The second kappa shape index (κ2) is 7.39. The number of aryl methyl sites for hydroxylation is 1. The van der Waals surface area contributed by atoms with Gasteiger partial charge in [-0.05, 0) is 37.7 Å². The lowest BCUT2D eigenvalue weighted by molar-refractivity contribution is 0.164. The van der Waals surface area contributed by atoms with Gasteiger partial charge < -0.3 is 9.97 Å². The third kappa shape index (κ3) is 4.75. The van der Waals surface area contributed by atoms with Crippen molar-refractivity contribution in [2.24, 2.45) is 0 Å². The maximum Gasteiger partial charge on any atom is 0.297 e. The molecule has 2 unspecified atom stereocenters. The Kier molecular flexibility index (Phi) is 5.52. The lowest BCUT2D eigenvalue weighted by Gasteiger charge is -2.29. The normalized spacial score (nSPS) is 22.6. The van der Waals surface area contributed by atoms with Gasteiger partial charge in [-0.2, -0.15) is 0 Å². The minimum atomic E-state index is 0.450. The van der Waals surface area contributed by atoms with Crippen LogP contribution in [0.15, 0.2) is 42.6 Å². The maximum atomic E-state index is 5.80. The predicted octanol–water partition coefficient (Wildman–Crippen LogP) is 2.99. The quantitative estimate of drug-likeness (QED) is 0.791. The van der Waals surface area contributed by atoms with Crippen LogP contribution in [0.4, 0.5) is 0 Å². The fourth-order valence-electron chi connectivity index (χ4n) is 2.54. The Balaban J connectivity index is 1.67. The van der Waals surface area contributed by atoms with Crippen molar-refractivity contribution in [1.82, 2.24) is 5.32 Å². The van der Waals surface area contributed by atoms with Crippen LogP contribution in [0.5, 0.6) is 0 Å². The van der Waals surface area contributed by atoms with Crippen LogP contribution in [0.3, 0.4) is 0 Å². The smallest absolute Gasteiger partial charge is 0.297 e. The van der Waals surface area contributed by atoms with E-state index in [4.69, 9.17) is 4.65 Å². The van der Waals surface area contributed by atoms with Crippen molar-refractivity contribution in [3.8, 4) is 0 Å². The van der Waals surface area contributed by atoms with E-state index in [1.54, 1.807) is 0 Å². The van der Waals surface area contributed by atoms with Gasteiger partial charge in [0.25, 0.3) is 7.48 Å². The summed E-state index contributed by atoms with van der Waals surface area (Å²) in [7, 11) is 0.822. The summed E-state index contributed by atoms with van der Waals surface area (Å²) in [5, 5.41) is 3.51. The summed E-state index contributed by atoms with van der Waals surface area (Å²) in [6.45, 7) is 6.33. The highest BCUT2D eigenvalue weighted by Gasteiger charge is 2.21. The Morgan fingerprint density at radius 2 is 2.16 bits per heavy atom. The first-order valence-electron chi connectivity index (χ1n) is 7.37. The molecule has 0 bridgehead atoms. The highest BCUT2D eigenvalue weighted by Crippen LogP contribution is 2.16. The zero-order valence-electron chi connectivity index (χ0n) is 11.9. The number of hydrogen-bond acceptors (Lipinski definition) is 2. The predicted molar refractivity (Wildman–Crippen MR) is 82.4 cm³/mol. The third-order valence-electron chi connectivity index (χ3n) is 3.79. The van der Waals surface area contributed by atoms with Crippen LogP contribution in [0, 0.1) is 0 Å². The number of allylic oxidation sites excluding steroid dienone is 1. The van der Waals surface area contributed by atoms with Crippen molar-refractivity contribution in [3.05, 3.63) is 48.2 Å². The highest BCUT2D eigenvalue weighted by atomic mass is 16.4. The van der Waals surface area contributed by atoms with Gasteiger partial charge in [0.2, 0.25) is 0 Å². The number of nitrogens with one attached hydrogen (secondary N) is 1. The molecule has 1 aromatic carbocycles. The van der Waals surface area contributed by atoms with Crippen molar-refractivity contribution in [2.75, 3.05) is 0 Å². The van der Waals surface area contributed by atoms with E-state index in [1.807, 2.05) is 0 Å². The highest BCUT2D eigenvalue weighted by molar-refractivity contribution is 6.30. The van der Waals surface area contributed by atoms with Crippen molar-refractivity contribution < 1.29 is 4.65 Å². The van der Waals surface area contributed by atoms with Crippen LogP contribution in [-0.4, -0.2) is 19.5 Å². The van der Waals surface area contributed by atoms with Gasteiger partial charge in [-0.1, -0.05) is 43.8 Å². The van der Waals surface area contributed by atoms with Gasteiger partial charge >= 0.3 is 0 Å². The molecule has 0 radical (unpaired) electrons. The van der Waals surface area contributed by atoms with Gasteiger partial charge in [0.15, 0.2) is 0 Å². The molecular formula is C16H24BNO. The number of hydrogen-bond donors (Lipinski definition) is 1. The minimum Gasteiger partial charge on any atom is -0.435 e. The molecule has 0 aromatic heterocycles. The van der Waals surface area contributed by atoms with Crippen LogP contribution in [0.1, 0.15) is 38.2 Å². The van der Waals surface area contributed by atoms with Crippen LogP contribution in [0.2, 0.25) is 0 Å². The van der Waals surface area contributed by atoms with Crippen LogP contribution < -0.4 is 5.32 Å². The Labute approximate surface area is 117 Å². The van der Waals surface area contributed by atoms with Crippen molar-refractivity contribution in [3.63, 3.8) is 0 Å². The topological polar surface area (TPSA) is 21.3 Å². The molecule has 1 saturated heterocycles. The lowest BCUT2D eigenvalue weighted by atomic mass is 9.79. The van der Waals surface area contributed by atoms with Gasteiger partial charge in [-0.3, -0.25) is 0 Å². The maximum absolute atomic E-state index is 5.80. The molecule has 2 atom stereocenters. The van der Waals surface area contributed by atoms with Crippen LogP contribution in [-0.2, 0) is 11.1 Å². The van der Waals surface area contributed by atoms with E-state index in [0.29, 0.717) is 12.0 Å². The molecule has 19 heavy (non-hydrogen) atoms. The SMILES string of the molecule is C=C(CCc1ccccc1)NC1BOC(CC)CC1. The largest absolute Gasteiger partial charge is 0.435 e. The molecule has 1 aliphatic rings. The fourth-order valence-corrected chi connectivity index (χ4v) is 2.54. The summed E-state index contributed by atoms with van der Waals surface area (Å²) in [6.07, 6.45) is 6.01. The molecule has 0 amide bonds. The first-order chi connectivity index (χ1) is 9.28. The molecule has 1 aliphatic heterocycles. The molecule has 1 fully saturated rings.